The molecule has 1 aliphatic rings. The molecule has 3 nitrogen and oxygen atoms in total. The Bertz CT molecular complexity index is 232. The van der Waals surface area contributed by atoms with E-state index in [0.29, 0.717) is 12.3 Å². The lowest BCUT2D eigenvalue weighted by Crippen LogP contribution is -2.25. The van der Waals surface area contributed by atoms with Gasteiger partial charge in [0.2, 0.25) is 0 Å². The molecule has 17 heavy (non-hydrogen) atoms. The largest absolute Gasteiger partial charge is 0.481 e. The molecule has 98 valence electrons. The Morgan fingerprint density at radius 3 is 2.35 bits per heavy atom. The zero-order valence-corrected chi connectivity index (χ0v) is 10.6. The number of allylic oxidation sites excluding steroid dienone is 1. The first-order valence-corrected chi connectivity index (χ1v) is 6.75. The monoisotopic (exact) mass is 240 g/mol. The molecule has 0 unspecified atom stereocenters. The van der Waals surface area contributed by atoms with Gasteiger partial charge in [0.1, 0.15) is 0 Å². The van der Waals surface area contributed by atoms with E-state index in [9.17, 15) is 4.79 Å². The molecule has 1 aliphatic heterocycles. The minimum atomic E-state index is -0.671. The molecule has 0 saturated carbocycles. The van der Waals surface area contributed by atoms with Gasteiger partial charge in [0.25, 0.3) is 0 Å². The van der Waals surface area contributed by atoms with Gasteiger partial charge in [0.05, 0.1) is 13.2 Å². The average molecular weight is 240 g/mol. The van der Waals surface area contributed by atoms with Crippen LogP contribution in [-0.4, -0.2) is 24.3 Å². The summed E-state index contributed by atoms with van der Waals surface area (Å²) in [6.07, 6.45) is 12.9. The predicted molar refractivity (Wildman–Crippen MR) is 68.0 cm³/mol. The number of ether oxygens (including phenoxy) is 1. The van der Waals surface area contributed by atoms with Crippen molar-refractivity contribution in [1.82, 2.24) is 0 Å². The number of unbranched alkanes of at least 4 members (excludes halogenated alkanes) is 6. The second-order valence-corrected chi connectivity index (χ2v) is 4.78. The molecule has 3 heteroatoms. The summed E-state index contributed by atoms with van der Waals surface area (Å²) < 4.78 is 5.09. The normalized spacial score (nSPS) is 16.2. The number of hydrogen-bond acceptors (Lipinski definition) is 2. The van der Waals surface area contributed by atoms with Crippen LogP contribution in [0.3, 0.4) is 0 Å². The smallest absolute Gasteiger partial charge is 0.303 e. The van der Waals surface area contributed by atoms with Gasteiger partial charge in [-0.2, -0.15) is 0 Å². The van der Waals surface area contributed by atoms with E-state index in [0.717, 1.165) is 26.1 Å². The summed E-state index contributed by atoms with van der Waals surface area (Å²) >= 11 is 0. The molecule has 1 saturated heterocycles. The number of hydrogen-bond donors (Lipinski definition) is 1. The fourth-order valence-corrected chi connectivity index (χ4v) is 1.90. The van der Waals surface area contributed by atoms with Crippen molar-refractivity contribution in [2.24, 2.45) is 5.92 Å². The molecule has 1 heterocycles. The van der Waals surface area contributed by atoms with Crippen molar-refractivity contribution in [2.75, 3.05) is 13.2 Å². The van der Waals surface area contributed by atoms with Crippen LogP contribution in [0.2, 0.25) is 0 Å². The van der Waals surface area contributed by atoms with Crippen LogP contribution in [0.4, 0.5) is 0 Å². The summed E-state index contributed by atoms with van der Waals surface area (Å²) in [5.74, 6) is 0.00105. The Balaban J connectivity index is 1.75. The van der Waals surface area contributed by atoms with Crippen molar-refractivity contribution in [3.8, 4) is 0 Å². The second-order valence-electron chi connectivity index (χ2n) is 4.78. The highest BCUT2D eigenvalue weighted by molar-refractivity contribution is 5.66. The van der Waals surface area contributed by atoms with Crippen molar-refractivity contribution in [1.29, 1.82) is 0 Å². The molecule has 1 N–H and O–H groups in total. The fourth-order valence-electron chi connectivity index (χ4n) is 1.90. The van der Waals surface area contributed by atoms with E-state index in [1.807, 2.05) is 0 Å². The fraction of sp³-hybridized carbons (Fsp3) is 0.786. The summed E-state index contributed by atoms with van der Waals surface area (Å²) in [5.41, 5.74) is 0. The lowest BCUT2D eigenvalue weighted by molar-refractivity contribution is -0.137. The Morgan fingerprint density at radius 2 is 1.76 bits per heavy atom. The number of carbonyl (C=O) groups is 1. The Hall–Kier alpha value is -0.830. The zero-order valence-electron chi connectivity index (χ0n) is 10.6. The second kappa shape index (κ2) is 9.23. The van der Waals surface area contributed by atoms with E-state index in [4.69, 9.17) is 9.84 Å². The van der Waals surface area contributed by atoms with Crippen LogP contribution < -0.4 is 0 Å². The highest BCUT2D eigenvalue weighted by atomic mass is 16.5. The maximum atomic E-state index is 10.3. The van der Waals surface area contributed by atoms with Gasteiger partial charge in [0, 0.05) is 12.3 Å². The molecular formula is C14H24O3. The van der Waals surface area contributed by atoms with Crippen molar-refractivity contribution in [2.45, 2.75) is 51.4 Å². The lowest BCUT2D eigenvalue weighted by atomic mass is 10.1. The van der Waals surface area contributed by atoms with Crippen LogP contribution in [-0.2, 0) is 9.53 Å². The van der Waals surface area contributed by atoms with E-state index < -0.39 is 5.97 Å². The third-order valence-corrected chi connectivity index (χ3v) is 3.08. The van der Waals surface area contributed by atoms with Crippen molar-refractivity contribution in [3.63, 3.8) is 0 Å². The van der Waals surface area contributed by atoms with Crippen LogP contribution in [0, 0.1) is 5.92 Å². The van der Waals surface area contributed by atoms with Gasteiger partial charge in [-0.25, -0.2) is 0 Å². The first-order chi connectivity index (χ1) is 8.29. The quantitative estimate of drug-likeness (QED) is 0.470. The average Bonchev–Trinajstić information content (AvgIpc) is 2.23. The first kappa shape index (κ1) is 14.2. The molecule has 0 aliphatic carbocycles. The molecule has 0 aromatic carbocycles. The molecule has 0 amide bonds. The van der Waals surface area contributed by atoms with E-state index >= 15 is 0 Å². The molecule has 0 aromatic heterocycles. The van der Waals surface area contributed by atoms with Crippen molar-refractivity contribution < 1.29 is 14.6 Å². The van der Waals surface area contributed by atoms with Gasteiger partial charge in [-0.15, -0.1) is 0 Å². The lowest BCUT2D eigenvalue weighted by Gasteiger charge is -2.22. The molecule has 1 rings (SSSR count). The maximum absolute atomic E-state index is 10.3. The van der Waals surface area contributed by atoms with Crippen LogP contribution in [0.15, 0.2) is 12.2 Å². The number of carboxylic acid groups (broad SMARTS) is 1. The number of rotatable bonds is 10. The molecule has 0 atom stereocenters. The third kappa shape index (κ3) is 7.97. The van der Waals surface area contributed by atoms with Gasteiger partial charge in [-0.3, -0.25) is 4.79 Å². The SMILES string of the molecule is O=C(O)CCCCCCCC/C=C/C1COC1. The minimum absolute atomic E-state index is 0.326. The zero-order chi connectivity index (χ0) is 12.3. The number of aliphatic carboxylic acids is 1. The number of carboxylic acids is 1. The van der Waals surface area contributed by atoms with Gasteiger partial charge in [-0.05, 0) is 19.3 Å². The first-order valence-electron chi connectivity index (χ1n) is 6.75. The third-order valence-electron chi connectivity index (χ3n) is 3.08. The molecule has 1 fully saturated rings. The Labute approximate surface area is 104 Å². The van der Waals surface area contributed by atoms with Crippen LogP contribution >= 0.6 is 0 Å². The Morgan fingerprint density at radius 1 is 1.12 bits per heavy atom. The molecule has 0 bridgehead atoms. The summed E-state index contributed by atoms with van der Waals surface area (Å²) in [7, 11) is 0. The highest BCUT2D eigenvalue weighted by Crippen LogP contribution is 2.13. The summed E-state index contributed by atoms with van der Waals surface area (Å²) in [6, 6.07) is 0. The van der Waals surface area contributed by atoms with Gasteiger partial charge < -0.3 is 9.84 Å². The molecule has 0 radical (unpaired) electrons. The maximum Gasteiger partial charge on any atom is 0.303 e. The van der Waals surface area contributed by atoms with E-state index in [-0.39, 0.29) is 0 Å². The van der Waals surface area contributed by atoms with Crippen LogP contribution in [0.1, 0.15) is 51.4 Å². The van der Waals surface area contributed by atoms with E-state index in [1.165, 1.54) is 32.1 Å². The molecular weight excluding hydrogens is 216 g/mol. The van der Waals surface area contributed by atoms with E-state index in [1.54, 1.807) is 0 Å². The standard InChI is InChI=1S/C14H24O3/c15-14(16)10-8-6-4-2-1-3-5-7-9-13-11-17-12-13/h7,9,13H,1-6,8,10-12H2,(H,15,16)/b9-7+. The van der Waals surface area contributed by atoms with E-state index in [2.05, 4.69) is 12.2 Å². The van der Waals surface area contributed by atoms with Crippen molar-refractivity contribution >= 4 is 5.97 Å². The predicted octanol–water partition coefficient (Wildman–Crippen LogP) is 3.39. The van der Waals surface area contributed by atoms with Crippen LogP contribution in [0.25, 0.3) is 0 Å². The van der Waals surface area contributed by atoms with Gasteiger partial charge >= 0.3 is 5.97 Å². The molecule has 0 spiro atoms. The highest BCUT2D eigenvalue weighted by Gasteiger charge is 2.13. The van der Waals surface area contributed by atoms with Gasteiger partial charge in [0.15, 0.2) is 0 Å². The minimum Gasteiger partial charge on any atom is -0.481 e. The van der Waals surface area contributed by atoms with Crippen LogP contribution in [0.5, 0.6) is 0 Å². The summed E-state index contributed by atoms with van der Waals surface area (Å²) in [6.45, 7) is 1.81. The topological polar surface area (TPSA) is 46.5 Å². The van der Waals surface area contributed by atoms with Gasteiger partial charge in [-0.1, -0.05) is 37.8 Å². The summed E-state index contributed by atoms with van der Waals surface area (Å²) in [5, 5.41) is 8.47. The van der Waals surface area contributed by atoms with Crippen molar-refractivity contribution in [3.05, 3.63) is 12.2 Å². The summed E-state index contributed by atoms with van der Waals surface area (Å²) in [4.78, 5) is 10.3. The Kier molecular flexibility index (Phi) is 7.72. The molecule has 0 aromatic rings.